The molecule has 0 unspecified atom stereocenters. The van der Waals surface area contributed by atoms with Gasteiger partial charge in [-0.1, -0.05) is 0 Å². The summed E-state index contributed by atoms with van der Waals surface area (Å²) in [6, 6.07) is -0.545. The number of carboxylic acid groups (broad SMARTS) is 1. The lowest BCUT2D eigenvalue weighted by Crippen LogP contribution is -2.36. The lowest BCUT2D eigenvalue weighted by molar-refractivity contribution is 0.150. The van der Waals surface area contributed by atoms with Crippen LogP contribution in [0, 0.1) is 0 Å². The van der Waals surface area contributed by atoms with Crippen LogP contribution in [0.1, 0.15) is 0 Å². The second kappa shape index (κ2) is 3.40. The third kappa shape index (κ3) is 1.48. The number of urea groups is 1. The van der Waals surface area contributed by atoms with E-state index >= 15 is 0 Å². The Morgan fingerprint density at radius 1 is 1.50 bits per heavy atom. The van der Waals surface area contributed by atoms with Crippen LogP contribution in [-0.2, 0) is 0 Å². The first kappa shape index (κ1) is 8.79. The Labute approximate surface area is 69.0 Å². The number of amides is 3. The Morgan fingerprint density at radius 3 is 2.58 bits per heavy atom. The van der Waals surface area contributed by atoms with Gasteiger partial charge in [0.2, 0.25) is 0 Å². The summed E-state index contributed by atoms with van der Waals surface area (Å²) in [5.41, 5.74) is 0. The number of aliphatic hydroxyl groups excluding tert-OH is 1. The average Bonchev–Trinajstić information content (AvgIpc) is 2.34. The molecule has 0 bridgehead atoms. The smallest absolute Gasteiger partial charge is 0.415 e. The van der Waals surface area contributed by atoms with Gasteiger partial charge >= 0.3 is 12.1 Å². The van der Waals surface area contributed by atoms with E-state index in [1.54, 1.807) is 0 Å². The number of rotatable bonds is 2. The molecular weight excluding hydrogens is 164 g/mol. The first-order valence-corrected chi connectivity index (χ1v) is 3.57. The fourth-order valence-electron chi connectivity index (χ4n) is 1.09. The van der Waals surface area contributed by atoms with Crippen LogP contribution in [0.3, 0.4) is 0 Å². The number of carbonyl (C=O) groups is 2. The topological polar surface area (TPSA) is 81.1 Å². The maximum atomic E-state index is 11.1. The van der Waals surface area contributed by atoms with Crippen molar-refractivity contribution in [3.05, 3.63) is 0 Å². The first-order valence-electron chi connectivity index (χ1n) is 3.57. The van der Waals surface area contributed by atoms with E-state index in [1.807, 2.05) is 0 Å². The van der Waals surface area contributed by atoms with Crippen molar-refractivity contribution in [1.29, 1.82) is 0 Å². The SMILES string of the molecule is O=C(O)N1CCN(CCO)C1=O. The molecule has 0 aromatic rings. The lowest BCUT2D eigenvalue weighted by Gasteiger charge is -2.13. The summed E-state index contributed by atoms with van der Waals surface area (Å²) in [5, 5.41) is 17.0. The van der Waals surface area contributed by atoms with Crippen LogP contribution in [0.4, 0.5) is 9.59 Å². The Kier molecular flexibility index (Phi) is 2.49. The molecule has 0 radical (unpaired) electrons. The van der Waals surface area contributed by atoms with Gasteiger partial charge in [0.25, 0.3) is 0 Å². The van der Waals surface area contributed by atoms with Gasteiger partial charge in [-0.2, -0.15) is 0 Å². The minimum absolute atomic E-state index is 0.140. The Morgan fingerprint density at radius 2 is 2.17 bits per heavy atom. The number of hydrogen-bond acceptors (Lipinski definition) is 3. The Hall–Kier alpha value is -1.30. The van der Waals surface area contributed by atoms with E-state index in [0.29, 0.717) is 6.54 Å². The molecule has 0 aromatic heterocycles. The van der Waals surface area contributed by atoms with E-state index in [9.17, 15) is 9.59 Å². The zero-order valence-corrected chi connectivity index (χ0v) is 6.43. The highest BCUT2D eigenvalue weighted by Crippen LogP contribution is 2.07. The molecule has 1 heterocycles. The molecule has 0 saturated carbocycles. The average molecular weight is 174 g/mol. The molecule has 3 amide bonds. The molecule has 1 fully saturated rings. The fraction of sp³-hybridized carbons (Fsp3) is 0.667. The summed E-state index contributed by atoms with van der Waals surface area (Å²) < 4.78 is 0. The number of aliphatic hydroxyl groups is 1. The predicted octanol–water partition coefficient (Wildman–Crippen LogP) is -0.606. The molecule has 0 atom stereocenters. The van der Waals surface area contributed by atoms with Gasteiger partial charge in [-0.15, -0.1) is 0 Å². The van der Waals surface area contributed by atoms with E-state index in [4.69, 9.17) is 10.2 Å². The molecule has 68 valence electrons. The van der Waals surface area contributed by atoms with E-state index in [1.165, 1.54) is 4.90 Å². The highest BCUT2D eigenvalue weighted by molar-refractivity contribution is 5.91. The van der Waals surface area contributed by atoms with Crippen molar-refractivity contribution in [2.45, 2.75) is 0 Å². The van der Waals surface area contributed by atoms with Gasteiger partial charge in [-0.25, -0.2) is 14.5 Å². The number of imide groups is 1. The van der Waals surface area contributed by atoms with Gasteiger partial charge in [0.1, 0.15) is 0 Å². The third-order valence-electron chi connectivity index (χ3n) is 1.70. The zero-order valence-electron chi connectivity index (χ0n) is 6.43. The van der Waals surface area contributed by atoms with Gasteiger partial charge in [0.15, 0.2) is 0 Å². The van der Waals surface area contributed by atoms with Crippen molar-refractivity contribution in [3.63, 3.8) is 0 Å². The van der Waals surface area contributed by atoms with Gasteiger partial charge < -0.3 is 15.1 Å². The summed E-state index contributed by atoms with van der Waals surface area (Å²) in [6.07, 6.45) is -1.24. The van der Waals surface area contributed by atoms with E-state index in [-0.39, 0.29) is 19.7 Å². The van der Waals surface area contributed by atoms with Crippen LogP contribution >= 0.6 is 0 Å². The molecular formula is C6H10N2O4. The Balaban J connectivity index is 2.55. The molecule has 0 aromatic carbocycles. The molecule has 1 rings (SSSR count). The van der Waals surface area contributed by atoms with Crippen LogP contribution in [0.25, 0.3) is 0 Å². The third-order valence-corrected chi connectivity index (χ3v) is 1.70. The minimum atomic E-state index is -1.24. The van der Waals surface area contributed by atoms with Crippen molar-refractivity contribution < 1.29 is 19.8 Å². The van der Waals surface area contributed by atoms with Crippen LogP contribution in [0.2, 0.25) is 0 Å². The fourth-order valence-corrected chi connectivity index (χ4v) is 1.09. The molecule has 1 aliphatic rings. The Bertz CT molecular complexity index is 206. The standard InChI is InChI=1S/C6H10N2O4/c9-4-3-7-1-2-8(5(7)10)6(11)12/h9H,1-4H2,(H,11,12). The summed E-state index contributed by atoms with van der Waals surface area (Å²) in [7, 11) is 0. The van der Waals surface area contributed by atoms with Crippen LogP contribution in [0.15, 0.2) is 0 Å². The molecule has 0 spiro atoms. The van der Waals surface area contributed by atoms with E-state index in [2.05, 4.69) is 0 Å². The number of nitrogens with zero attached hydrogens (tertiary/aromatic N) is 2. The second-order valence-electron chi connectivity index (χ2n) is 2.43. The van der Waals surface area contributed by atoms with Gasteiger partial charge in [0, 0.05) is 13.1 Å². The first-order chi connectivity index (χ1) is 5.66. The van der Waals surface area contributed by atoms with Gasteiger partial charge in [-0.05, 0) is 0 Å². The quantitative estimate of drug-likeness (QED) is 0.585. The molecule has 2 N–H and O–H groups in total. The summed E-state index contributed by atoms with van der Waals surface area (Å²) >= 11 is 0. The monoisotopic (exact) mass is 174 g/mol. The van der Waals surface area contributed by atoms with Crippen LogP contribution in [0.5, 0.6) is 0 Å². The normalized spacial score (nSPS) is 17.2. The summed E-state index contributed by atoms with van der Waals surface area (Å²) in [4.78, 5) is 23.5. The zero-order chi connectivity index (χ0) is 9.14. The maximum absolute atomic E-state index is 11.1. The van der Waals surface area contributed by atoms with E-state index in [0.717, 1.165) is 4.90 Å². The number of hydrogen-bond donors (Lipinski definition) is 2. The summed E-state index contributed by atoms with van der Waals surface area (Å²) in [6.45, 7) is 0.613. The number of carbonyl (C=O) groups excluding carboxylic acids is 1. The van der Waals surface area contributed by atoms with Crippen LogP contribution in [-0.4, -0.2) is 58.4 Å². The lowest BCUT2D eigenvalue weighted by atomic mass is 10.5. The molecule has 6 nitrogen and oxygen atoms in total. The molecule has 1 aliphatic heterocycles. The summed E-state index contributed by atoms with van der Waals surface area (Å²) in [5.74, 6) is 0. The molecule has 0 aliphatic carbocycles. The molecule has 1 saturated heterocycles. The largest absolute Gasteiger partial charge is 0.465 e. The highest BCUT2D eigenvalue weighted by atomic mass is 16.4. The van der Waals surface area contributed by atoms with Gasteiger partial charge in [-0.3, -0.25) is 0 Å². The minimum Gasteiger partial charge on any atom is -0.465 e. The number of β-amino-alcohol motifs (C(OH)–C–C–N with tert-alkyl or cyclic N) is 1. The van der Waals surface area contributed by atoms with Crippen molar-refractivity contribution in [3.8, 4) is 0 Å². The van der Waals surface area contributed by atoms with Crippen molar-refractivity contribution in [1.82, 2.24) is 9.80 Å². The highest BCUT2D eigenvalue weighted by Gasteiger charge is 2.32. The van der Waals surface area contributed by atoms with E-state index < -0.39 is 12.1 Å². The second-order valence-corrected chi connectivity index (χ2v) is 2.43. The van der Waals surface area contributed by atoms with Crippen molar-refractivity contribution in [2.24, 2.45) is 0 Å². The molecule has 12 heavy (non-hydrogen) atoms. The van der Waals surface area contributed by atoms with Crippen molar-refractivity contribution in [2.75, 3.05) is 26.2 Å². The van der Waals surface area contributed by atoms with Gasteiger partial charge in [0.05, 0.1) is 13.2 Å². The van der Waals surface area contributed by atoms with Crippen molar-refractivity contribution >= 4 is 12.1 Å². The maximum Gasteiger partial charge on any atom is 0.415 e. The molecule has 6 heteroatoms. The van der Waals surface area contributed by atoms with Crippen LogP contribution < -0.4 is 0 Å². The predicted molar refractivity (Wildman–Crippen MR) is 38.8 cm³/mol.